The third-order valence-electron chi connectivity index (χ3n) is 4.46. The Morgan fingerprint density at radius 3 is 2.52 bits per heavy atom. The number of aryl methyl sites for hydroxylation is 2. The highest BCUT2D eigenvalue weighted by molar-refractivity contribution is 5.96. The van der Waals surface area contributed by atoms with Crippen LogP contribution in [0.25, 0.3) is 0 Å². The van der Waals surface area contributed by atoms with E-state index in [-0.39, 0.29) is 24.5 Å². The molecule has 0 atom stereocenters. The van der Waals surface area contributed by atoms with Crippen molar-refractivity contribution < 1.29 is 14.3 Å². The Morgan fingerprint density at radius 1 is 1.15 bits per heavy atom. The molecule has 3 rings (SSSR count). The zero-order valence-electron chi connectivity index (χ0n) is 15.6. The van der Waals surface area contributed by atoms with Crippen LogP contribution >= 0.6 is 0 Å². The number of aromatic nitrogens is 2. The van der Waals surface area contributed by atoms with Crippen LogP contribution in [0.2, 0.25) is 0 Å². The van der Waals surface area contributed by atoms with Crippen LogP contribution in [0.4, 0.5) is 0 Å². The number of benzene rings is 1. The standard InChI is InChI=1S/C20H24N4O3/c1-14-12-18(23-15(2)22-14)27-17-8-10-24(11-9-17)19(25)13-21-20(26)16-6-4-3-5-7-16/h3-7,12,17H,8-11,13H2,1-2H3,(H,21,26). The smallest absolute Gasteiger partial charge is 0.251 e. The first-order valence-corrected chi connectivity index (χ1v) is 9.11. The zero-order valence-corrected chi connectivity index (χ0v) is 15.6. The fourth-order valence-corrected chi connectivity index (χ4v) is 3.10. The van der Waals surface area contributed by atoms with Gasteiger partial charge in [-0.3, -0.25) is 9.59 Å². The maximum atomic E-state index is 12.3. The molecular weight excluding hydrogens is 344 g/mol. The Morgan fingerprint density at radius 2 is 1.85 bits per heavy atom. The third-order valence-corrected chi connectivity index (χ3v) is 4.46. The fourth-order valence-electron chi connectivity index (χ4n) is 3.10. The number of nitrogens with zero attached hydrogens (tertiary/aromatic N) is 3. The van der Waals surface area contributed by atoms with Gasteiger partial charge >= 0.3 is 0 Å². The molecule has 0 aliphatic carbocycles. The second kappa shape index (κ2) is 8.62. The zero-order chi connectivity index (χ0) is 19.2. The molecule has 0 spiro atoms. The Balaban J connectivity index is 1.44. The number of amides is 2. The molecule has 2 amide bonds. The van der Waals surface area contributed by atoms with Crippen LogP contribution < -0.4 is 10.1 Å². The number of nitrogens with one attached hydrogen (secondary N) is 1. The molecule has 27 heavy (non-hydrogen) atoms. The van der Waals surface area contributed by atoms with E-state index in [1.54, 1.807) is 29.2 Å². The minimum Gasteiger partial charge on any atom is -0.474 e. The lowest BCUT2D eigenvalue weighted by Crippen LogP contribution is -2.46. The van der Waals surface area contributed by atoms with E-state index in [0.717, 1.165) is 18.5 Å². The molecule has 1 aliphatic rings. The second-order valence-electron chi connectivity index (χ2n) is 6.64. The minimum atomic E-state index is -0.239. The number of ether oxygens (including phenoxy) is 1. The SMILES string of the molecule is Cc1cc(OC2CCN(C(=O)CNC(=O)c3ccccc3)CC2)nc(C)n1. The van der Waals surface area contributed by atoms with E-state index in [4.69, 9.17) is 4.74 Å². The van der Waals surface area contributed by atoms with Gasteiger partial charge in [-0.1, -0.05) is 18.2 Å². The molecule has 0 bridgehead atoms. The van der Waals surface area contributed by atoms with E-state index < -0.39 is 0 Å². The summed E-state index contributed by atoms with van der Waals surface area (Å²) < 4.78 is 5.94. The summed E-state index contributed by atoms with van der Waals surface area (Å²) in [5.41, 5.74) is 1.42. The molecule has 2 heterocycles. The summed E-state index contributed by atoms with van der Waals surface area (Å²) in [5.74, 6) is 0.954. The molecule has 1 aromatic carbocycles. The molecule has 1 aliphatic heterocycles. The van der Waals surface area contributed by atoms with E-state index in [2.05, 4.69) is 15.3 Å². The van der Waals surface area contributed by atoms with Crippen molar-refractivity contribution >= 4 is 11.8 Å². The van der Waals surface area contributed by atoms with E-state index in [9.17, 15) is 9.59 Å². The fraction of sp³-hybridized carbons (Fsp3) is 0.400. The number of likely N-dealkylation sites (tertiary alicyclic amines) is 1. The number of carbonyl (C=O) groups excluding carboxylic acids is 2. The van der Waals surface area contributed by atoms with Crippen LogP contribution in [0.5, 0.6) is 5.88 Å². The summed E-state index contributed by atoms with van der Waals surface area (Å²) in [6, 6.07) is 10.7. The predicted molar refractivity (Wildman–Crippen MR) is 101 cm³/mol. The lowest BCUT2D eigenvalue weighted by Gasteiger charge is -2.32. The first-order chi connectivity index (χ1) is 13.0. The molecule has 0 radical (unpaired) electrons. The van der Waals surface area contributed by atoms with Gasteiger partial charge in [0.05, 0.1) is 6.54 Å². The summed E-state index contributed by atoms with van der Waals surface area (Å²) in [6.07, 6.45) is 1.50. The van der Waals surface area contributed by atoms with E-state index in [1.165, 1.54) is 0 Å². The average Bonchev–Trinajstić information content (AvgIpc) is 2.66. The topological polar surface area (TPSA) is 84.4 Å². The van der Waals surface area contributed by atoms with Gasteiger partial charge in [0.2, 0.25) is 11.8 Å². The van der Waals surface area contributed by atoms with Crippen molar-refractivity contribution in [3.63, 3.8) is 0 Å². The van der Waals surface area contributed by atoms with Crippen LogP contribution in [0, 0.1) is 13.8 Å². The highest BCUT2D eigenvalue weighted by atomic mass is 16.5. The van der Waals surface area contributed by atoms with Crippen LogP contribution in [-0.2, 0) is 4.79 Å². The molecule has 1 N–H and O–H groups in total. The van der Waals surface area contributed by atoms with E-state index in [0.29, 0.717) is 30.4 Å². The molecule has 142 valence electrons. The Hall–Kier alpha value is -2.96. The Bertz CT molecular complexity index is 782. The highest BCUT2D eigenvalue weighted by Crippen LogP contribution is 2.18. The lowest BCUT2D eigenvalue weighted by molar-refractivity contribution is -0.131. The van der Waals surface area contributed by atoms with Crippen molar-refractivity contribution in [2.24, 2.45) is 0 Å². The van der Waals surface area contributed by atoms with Crippen LogP contribution in [-0.4, -0.2) is 52.4 Å². The first kappa shape index (κ1) is 18.8. The van der Waals surface area contributed by atoms with Crippen LogP contribution in [0.1, 0.15) is 34.7 Å². The maximum Gasteiger partial charge on any atom is 0.251 e. The number of rotatable bonds is 5. The van der Waals surface area contributed by atoms with E-state index >= 15 is 0 Å². The molecule has 7 heteroatoms. The van der Waals surface area contributed by atoms with Crippen molar-refractivity contribution in [1.82, 2.24) is 20.2 Å². The third kappa shape index (κ3) is 5.26. The normalized spacial score (nSPS) is 14.7. The van der Waals surface area contributed by atoms with Crippen molar-refractivity contribution in [2.75, 3.05) is 19.6 Å². The lowest BCUT2D eigenvalue weighted by atomic mass is 10.1. The van der Waals surface area contributed by atoms with Gasteiger partial charge in [0.1, 0.15) is 11.9 Å². The molecule has 1 saturated heterocycles. The summed E-state index contributed by atoms with van der Waals surface area (Å²) in [4.78, 5) is 34.7. The quantitative estimate of drug-likeness (QED) is 0.871. The molecule has 1 fully saturated rings. The number of hydrogen-bond acceptors (Lipinski definition) is 5. The van der Waals surface area contributed by atoms with Crippen molar-refractivity contribution in [3.05, 3.63) is 53.5 Å². The number of carbonyl (C=O) groups is 2. The highest BCUT2D eigenvalue weighted by Gasteiger charge is 2.24. The number of piperidine rings is 1. The molecule has 2 aromatic rings. The first-order valence-electron chi connectivity index (χ1n) is 9.11. The van der Waals surface area contributed by atoms with Gasteiger partial charge in [0, 0.05) is 43.3 Å². The molecular formula is C20H24N4O3. The molecule has 7 nitrogen and oxygen atoms in total. The Kier molecular flexibility index (Phi) is 6.01. The van der Waals surface area contributed by atoms with Gasteiger partial charge in [-0.15, -0.1) is 0 Å². The van der Waals surface area contributed by atoms with Gasteiger partial charge in [-0.05, 0) is 26.0 Å². The minimum absolute atomic E-state index is 0.00352. The van der Waals surface area contributed by atoms with Crippen molar-refractivity contribution in [1.29, 1.82) is 0 Å². The molecule has 0 unspecified atom stereocenters. The van der Waals surface area contributed by atoms with Crippen molar-refractivity contribution in [3.8, 4) is 5.88 Å². The van der Waals surface area contributed by atoms with E-state index in [1.807, 2.05) is 26.0 Å². The van der Waals surface area contributed by atoms with Gasteiger partial charge in [0.15, 0.2) is 0 Å². The summed E-state index contributed by atoms with van der Waals surface area (Å²) in [5, 5.41) is 2.68. The predicted octanol–water partition coefficient (Wildman–Crippen LogP) is 1.89. The van der Waals surface area contributed by atoms with Crippen LogP contribution in [0.15, 0.2) is 36.4 Å². The summed E-state index contributed by atoms with van der Waals surface area (Å²) >= 11 is 0. The monoisotopic (exact) mass is 368 g/mol. The summed E-state index contributed by atoms with van der Waals surface area (Å²) in [6.45, 7) is 4.96. The summed E-state index contributed by atoms with van der Waals surface area (Å²) in [7, 11) is 0. The van der Waals surface area contributed by atoms with Crippen molar-refractivity contribution in [2.45, 2.75) is 32.8 Å². The molecule has 0 saturated carbocycles. The largest absolute Gasteiger partial charge is 0.474 e. The van der Waals surface area contributed by atoms with Gasteiger partial charge in [-0.25, -0.2) is 4.98 Å². The average molecular weight is 368 g/mol. The molecule has 1 aromatic heterocycles. The second-order valence-corrected chi connectivity index (χ2v) is 6.64. The maximum absolute atomic E-state index is 12.3. The van der Waals surface area contributed by atoms with Crippen LogP contribution in [0.3, 0.4) is 0 Å². The number of hydrogen-bond donors (Lipinski definition) is 1. The van der Waals surface area contributed by atoms with Gasteiger partial charge in [-0.2, -0.15) is 4.98 Å². The van der Waals surface area contributed by atoms with Gasteiger partial charge < -0.3 is 15.0 Å². The Labute approximate surface area is 158 Å². The van der Waals surface area contributed by atoms with Gasteiger partial charge in [0.25, 0.3) is 5.91 Å².